The second kappa shape index (κ2) is 6.90. The Hall–Kier alpha value is -1.91. The molecule has 22 heavy (non-hydrogen) atoms. The first kappa shape index (κ1) is 15.0. The number of anilines is 1. The number of aliphatic hydroxyl groups is 1. The zero-order chi connectivity index (χ0) is 15.4. The molecule has 3 aromatic rings. The molecule has 0 fully saturated rings. The summed E-state index contributed by atoms with van der Waals surface area (Å²) in [4.78, 5) is 4.40. The lowest BCUT2D eigenvalue weighted by Crippen LogP contribution is -2.12. The van der Waals surface area contributed by atoms with Gasteiger partial charge < -0.3 is 10.4 Å². The van der Waals surface area contributed by atoms with Crippen LogP contribution in [-0.4, -0.2) is 16.7 Å². The number of pyridine rings is 1. The van der Waals surface area contributed by atoms with Crippen LogP contribution >= 0.6 is 15.9 Å². The van der Waals surface area contributed by atoms with Crippen molar-refractivity contribution in [1.29, 1.82) is 0 Å². The van der Waals surface area contributed by atoms with Crippen LogP contribution in [0.15, 0.2) is 65.3 Å². The van der Waals surface area contributed by atoms with Crippen LogP contribution in [0.4, 0.5) is 5.69 Å². The molecule has 0 bridgehead atoms. The second-order valence-electron chi connectivity index (χ2n) is 5.14. The van der Waals surface area contributed by atoms with Crippen LogP contribution in [0.3, 0.4) is 0 Å². The third-order valence-electron chi connectivity index (χ3n) is 3.65. The summed E-state index contributed by atoms with van der Waals surface area (Å²) in [5.41, 5.74) is 3.13. The highest BCUT2D eigenvalue weighted by Crippen LogP contribution is 2.29. The van der Waals surface area contributed by atoms with E-state index in [0.717, 1.165) is 26.6 Å². The van der Waals surface area contributed by atoms with Gasteiger partial charge >= 0.3 is 0 Å². The van der Waals surface area contributed by atoms with E-state index in [4.69, 9.17) is 0 Å². The fourth-order valence-corrected chi connectivity index (χ4v) is 2.93. The van der Waals surface area contributed by atoms with Gasteiger partial charge in [0.05, 0.1) is 11.6 Å². The topological polar surface area (TPSA) is 45.1 Å². The number of nitrogens with zero attached hydrogens (tertiary/aromatic N) is 1. The van der Waals surface area contributed by atoms with Crippen LogP contribution in [0.1, 0.15) is 18.0 Å². The molecule has 2 N–H and O–H groups in total. The normalized spacial score (nSPS) is 12.3. The summed E-state index contributed by atoms with van der Waals surface area (Å²) >= 11 is 3.51. The predicted molar refractivity (Wildman–Crippen MR) is 94.0 cm³/mol. The molecule has 112 valence electrons. The molecule has 3 nitrogen and oxygen atoms in total. The number of hydrogen-bond donors (Lipinski definition) is 2. The van der Waals surface area contributed by atoms with Crippen molar-refractivity contribution in [3.05, 3.63) is 70.8 Å². The fourth-order valence-electron chi connectivity index (χ4n) is 2.57. The first-order valence-electron chi connectivity index (χ1n) is 7.24. The SMILES string of the molecule is OCC[C@@H](Nc1ccnc2ccc(Br)cc12)c1ccccc1. The molecule has 0 unspecified atom stereocenters. The summed E-state index contributed by atoms with van der Waals surface area (Å²) in [6.07, 6.45) is 2.46. The maximum absolute atomic E-state index is 9.37. The van der Waals surface area contributed by atoms with Crippen molar-refractivity contribution in [3.8, 4) is 0 Å². The molecular weight excluding hydrogens is 340 g/mol. The van der Waals surface area contributed by atoms with E-state index in [-0.39, 0.29) is 12.6 Å². The number of hydrogen-bond acceptors (Lipinski definition) is 3. The molecular formula is C18H17BrN2O. The molecule has 1 atom stereocenters. The highest BCUT2D eigenvalue weighted by atomic mass is 79.9. The molecule has 0 aliphatic rings. The van der Waals surface area contributed by atoms with Crippen LogP contribution < -0.4 is 5.32 Å². The molecule has 0 aliphatic heterocycles. The first-order valence-corrected chi connectivity index (χ1v) is 8.04. The van der Waals surface area contributed by atoms with Gasteiger partial charge in [0.25, 0.3) is 0 Å². The van der Waals surface area contributed by atoms with E-state index in [1.54, 1.807) is 6.20 Å². The van der Waals surface area contributed by atoms with Crippen LogP contribution in [0, 0.1) is 0 Å². The van der Waals surface area contributed by atoms with Crippen molar-refractivity contribution in [3.63, 3.8) is 0 Å². The number of aromatic nitrogens is 1. The highest BCUT2D eigenvalue weighted by Gasteiger charge is 2.12. The Kier molecular flexibility index (Phi) is 4.71. The summed E-state index contributed by atoms with van der Waals surface area (Å²) < 4.78 is 1.02. The lowest BCUT2D eigenvalue weighted by molar-refractivity contribution is 0.280. The van der Waals surface area contributed by atoms with Crippen molar-refractivity contribution >= 4 is 32.5 Å². The predicted octanol–water partition coefficient (Wildman–Crippen LogP) is 4.53. The smallest absolute Gasteiger partial charge is 0.0723 e. The Morgan fingerprint density at radius 1 is 1.09 bits per heavy atom. The summed E-state index contributed by atoms with van der Waals surface area (Å²) in [5.74, 6) is 0. The molecule has 1 heterocycles. The Bertz CT molecular complexity index is 761. The molecule has 0 saturated carbocycles. The average Bonchev–Trinajstić information content (AvgIpc) is 2.56. The Morgan fingerprint density at radius 2 is 1.91 bits per heavy atom. The number of nitrogens with one attached hydrogen (secondary N) is 1. The molecule has 0 radical (unpaired) electrons. The van der Waals surface area contributed by atoms with E-state index in [1.165, 1.54) is 0 Å². The van der Waals surface area contributed by atoms with Gasteiger partial charge in [-0.25, -0.2) is 0 Å². The summed E-state index contributed by atoms with van der Waals surface area (Å²) in [6.45, 7) is 0.138. The van der Waals surface area contributed by atoms with Crippen LogP contribution in [0.25, 0.3) is 10.9 Å². The summed E-state index contributed by atoms with van der Waals surface area (Å²) in [6, 6.07) is 18.3. The third kappa shape index (κ3) is 3.29. The third-order valence-corrected chi connectivity index (χ3v) is 4.15. The minimum absolute atomic E-state index is 0.0655. The Balaban J connectivity index is 1.98. The molecule has 0 aliphatic carbocycles. The minimum Gasteiger partial charge on any atom is -0.396 e. The molecule has 1 aromatic heterocycles. The van der Waals surface area contributed by atoms with E-state index in [1.807, 2.05) is 36.4 Å². The largest absolute Gasteiger partial charge is 0.396 e. The molecule has 0 spiro atoms. The standard InChI is InChI=1S/C18H17BrN2O/c19-14-6-7-17-15(12-14)18(8-10-20-17)21-16(9-11-22)13-4-2-1-3-5-13/h1-8,10,12,16,22H,9,11H2,(H,20,21)/t16-/m1/s1. The van der Waals surface area contributed by atoms with Crippen molar-refractivity contribution in [2.24, 2.45) is 0 Å². The molecule has 0 saturated heterocycles. The van der Waals surface area contributed by atoms with Gasteiger partial charge in [-0.2, -0.15) is 0 Å². The van der Waals surface area contributed by atoms with E-state index in [2.05, 4.69) is 44.4 Å². The maximum atomic E-state index is 9.37. The molecule has 0 amide bonds. The number of rotatable bonds is 5. The van der Waals surface area contributed by atoms with Gasteiger partial charge in [0, 0.05) is 28.4 Å². The van der Waals surface area contributed by atoms with Crippen molar-refractivity contribution in [2.75, 3.05) is 11.9 Å². The van der Waals surface area contributed by atoms with E-state index in [0.29, 0.717) is 6.42 Å². The van der Waals surface area contributed by atoms with Gasteiger partial charge in [-0.3, -0.25) is 4.98 Å². The van der Waals surface area contributed by atoms with Gasteiger partial charge in [-0.15, -0.1) is 0 Å². The Morgan fingerprint density at radius 3 is 2.68 bits per heavy atom. The van der Waals surface area contributed by atoms with E-state index >= 15 is 0 Å². The second-order valence-corrected chi connectivity index (χ2v) is 6.06. The monoisotopic (exact) mass is 356 g/mol. The zero-order valence-electron chi connectivity index (χ0n) is 12.0. The molecule has 4 heteroatoms. The van der Waals surface area contributed by atoms with Crippen LogP contribution in [0.2, 0.25) is 0 Å². The van der Waals surface area contributed by atoms with E-state index < -0.39 is 0 Å². The number of benzene rings is 2. The van der Waals surface area contributed by atoms with Gasteiger partial charge in [0.2, 0.25) is 0 Å². The van der Waals surface area contributed by atoms with Gasteiger partial charge in [0.15, 0.2) is 0 Å². The van der Waals surface area contributed by atoms with Crippen molar-refractivity contribution in [2.45, 2.75) is 12.5 Å². The van der Waals surface area contributed by atoms with Crippen LogP contribution in [-0.2, 0) is 0 Å². The zero-order valence-corrected chi connectivity index (χ0v) is 13.6. The van der Waals surface area contributed by atoms with Gasteiger partial charge in [-0.05, 0) is 36.2 Å². The fraction of sp³-hybridized carbons (Fsp3) is 0.167. The van der Waals surface area contributed by atoms with Crippen molar-refractivity contribution in [1.82, 2.24) is 4.98 Å². The molecule has 3 rings (SSSR count). The maximum Gasteiger partial charge on any atom is 0.0723 e. The van der Waals surface area contributed by atoms with Crippen molar-refractivity contribution < 1.29 is 5.11 Å². The number of halogens is 1. The average molecular weight is 357 g/mol. The summed E-state index contributed by atoms with van der Waals surface area (Å²) in [7, 11) is 0. The van der Waals surface area contributed by atoms with Gasteiger partial charge in [-0.1, -0.05) is 46.3 Å². The molecule has 2 aromatic carbocycles. The lowest BCUT2D eigenvalue weighted by atomic mass is 10.0. The first-order chi connectivity index (χ1) is 10.8. The summed E-state index contributed by atoms with van der Waals surface area (Å²) in [5, 5.41) is 14.0. The highest BCUT2D eigenvalue weighted by molar-refractivity contribution is 9.10. The van der Waals surface area contributed by atoms with Crippen LogP contribution in [0.5, 0.6) is 0 Å². The van der Waals surface area contributed by atoms with Gasteiger partial charge in [0.1, 0.15) is 0 Å². The number of fused-ring (bicyclic) bond motifs is 1. The quantitative estimate of drug-likeness (QED) is 0.705. The number of aliphatic hydroxyl groups excluding tert-OH is 1. The minimum atomic E-state index is 0.0655. The lowest BCUT2D eigenvalue weighted by Gasteiger charge is -2.20. The Labute approximate surface area is 138 Å². The van der Waals surface area contributed by atoms with E-state index in [9.17, 15) is 5.11 Å².